The van der Waals surface area contributed by atoms with Crippen molar-refractivity contribution in [1.82, 2.24) is 9.78 Å². The Kier molecular flexibility index (Phi) is 6.86. The molecule has 0 aliphatic heterocycles. The number of benzene rings is 1. The number of carbonyl (C=O) groups excluding carboxylic acids is 2. The number of esters is 1. The van der Waals surface area contributed by atoms with Crippen LogP contribution < -0.4 is 4.90 Å². The Balaban J connectivity index is 1.65. The molecule has 2 aromatic rings. The van der Waals surface area contributed by atoms with Gasteiger partial charge in [-0.25, -0.2) is 4.79 Å². The fraction of sp³-hybridized carbons (Fsp3) is 0.435. The minimum atomic E-state index is -0.530. The Morgan fingerprint density at radius 3 is 2.48 bits per heavy atom. The number of hydrogen-bond acceptors (Lipinski definition) is 4. The minimum absolute atomic E-state index is 0.161. The maximum Gasteiger partial charge on any atom is 0.331 e. The van der Waals surface area contributed by atoms with E-state index in [9.17, 15) is 9.59 Å². The van der Waals surface area contributed by atoms with Crippen molar-refractivity contribution in [3.05, 3.63) is 53.4 Å². The van der Waals surface area contributed by atoms with E-state index < -0.39 is 5.97 Å². The number of ether oxygens (including phenoxy) is 1. The zero-order chi connectivity index (χ0) is 20.8. The molecule has 1 fully saturated rings. The molecule has 0 atom stereocenters. The van der Waals surface area contributed by atoms with Crippen LogP contribution in [-0.2, 0) is 21.4 Å². The van der Waals surface area contributed by atoms with E-state index >= 15 is 0 Å². The van der Waals surface area contributed by atoms with Crippen molar-refractivity contribution >= 4 is 23.6 Å². The summed E-state index contributed by atoms with van der Waals surface area (Å²) in [6.45, 7) is 3.57. The Hall–Kier alpha value is -2.89. The number of amides is 1. The number of anilines is 1. The lowest BCUT2D eigenvalue weighted by Crippen LogP contribution is -2.43. The van der Waals surface area contributed by atoms with Crippen molar-refractivity contribution in [1.29, 1.82) is 0 Å². The molecule has 1 amide bonds. The van der Waals surface area contributed by atoms with Crippen LogP contribution in [0.25, 0.3) is 6.08 Å². The van der Waals surface area contributed by atoms with E-state index in [1.165, 1.54) is 12.5 Å². The van der Waals surface area contributed by atoms with E-state index in [0.29, 0.717) is 0 Å². The highest BCUT2D eigenvalue weighted by Crippen LogP contribution is 2.27. The summed E-state index contributed by atoms with van der Waals surface area (Å²) in [5, 5.41) is 4.32. The molecule has 1 aliphatic carbocycles. The number of hydrogen-bond donors (Lipinski definition) is 0. The van der Waals surface area contributed by atoms with Gasteiger partial charge in [0.05, 0.1) is 5.69 Å². The fourth-order valence-corrected chi connectivity index (χ4v) is 3.92. The van der Waals surface area contributed by atoms with E-state index in [1.807, 2.05) is 56.1 Å². The van der Waals surface area contributed by atoms with Gasteiger partial charge in [0.2, 0.25) is 0 Å². The zero-order valence-electron chi connectivity index (χ0n) is 17.4. The summed E-state index contributed by atoms with van der Waals surface area (Å²) in [6, 6.07) is 9.80. The number of rotatable bonds is 6. The molecule has 0 bridgehead atoms. The van der Waals surface area contributed by atoms with Gasteiger partial charge in [-0.2, -0.15) is 5.10 Å². The van der Waals surface area contributed by atoms with Crippen LogP contribution in [0.4, 0.5) is 5.69 Å². The normalized spacial score (nSPS) is 14.9. The van der Waals surface area contributed by atoms with Crippen LogP contribution >= 0.6 is 0 Å². The molecule has 0 N–H and O–H groups in total. The summed E-state index contributed by atoms with van der Waals surface area (Å²) < 4.78 is 7.03. The molecule has 1 heterocycles. The van der Waals surface area contributed by atoms with Crippen LogP contribution in [0.1, 0.15) is 49.1 Å². The molecule has 6 nitrogen and oxygen atoms in total. The maximum atomic E-state index is 12.9. The highest BCUT2D eigenvalue weighted by atomic mass is 16.5. The zero-order valence-corrected chi connectivity index (χ0v) is 17.4. The molecular weight excluding hydrogens is 366 g/mol. The summed E-state index contributed by atoms with van der Waals surface area (Å²) in [5.74, 6) is -0.712. The molecule has 1 saturated carbocycles. The largest absolute Gasteiger partial charge is 0.452 e. The predicted octanol–water partition coefficient (Wildman–Crippen LogP) is 3.96. The molecule has 0 radical (unpaired) electrons. The van der Waals surface area contributed by atoms with Gasteiger partial charge >= 0.3 is 5.97 Å². The summed E-state index contributed by atoms with van der Waals surface area (Å²) in [7, 11) is 1.86. The molecule has 0 spiro atoms. The van der Waals surface area contributed by atoms with Crippen LogP contribution in [0.3, 0.4) is 0 Å². The van der Waals surface area contributed by atoms with Crippen molar-refractivity contribution in [3.8, 4) is 0 Å². The van der Waals surface area contributed by atoms with Gasteiger partial charge in [0.15, 0.2) is 6.61 Å². The third kappa shape index (κ3) is 5.13. The monoisotopic (exact) mass is 395 g/mol. The Labute approximate surface area is 172 Å². The summed E-state index contributed by atoms with van der Waals surface area (Å²) in [6.07, 6.45) is 8.46. The van der Waals surface area contributed by atoms with Gasteiger partial charge in [0.25, 0.3) is 5.91 Å². The molecular formula is C23H29N3O3. The Morgan fingerprint density at radius 2 is 1.86 bits per heavy atom. The highest BCUT2D eigenvalue weighted by Gasteiger charge is 2.27. The van der Waals surface area contributed by atoms with Crippen LogP contribution in [0.15, 0.2) is 36.4 Å². The molecule has 0 saturated heterocycles. The topological polar surface area (TPSA) is 64.4 Å². The number of aryl methyl sites for hydroxylation is 2. The first-order valence-electron chi connectivity index (χ1n) is 10.2. The Bertz CT molecular complexity index is 880. The molecule has 29 heavy (non-hydrogen) atoms. The van der Waals surface area contributed by atoms with Crippen molar-refractivity contribution in [2.24, 2.45) is 7.05 Å². The van der Waals surface area contributed by atoms with Gasteiger partial charge in [-0.15, -0.1) is 0 Å². The van der Waals surface area contributed by atoms with Crippen molar-refractivity contribution < 1.29 is 14.3 Å². The van der Waals surface area contributed by atoms with Crippen molar-refractivity contribution in [2.45, 2.75) is 52.0 Å². The first-order chi connectivity index (χ1) is 14.0. The van der Waals surface area contributed by atoms with Gasteiger partial charge in [0, 0.05) is 36.1 Å². The smallest absolute Gasteiger partial charge is 0.331 e. The standard InChI is InChI=1S/C23H29N3O3/c1-17-21(18(2)25(3)24-17)14-15-23(28)29-16-22(27)26(19-10-6-4-7-11-19)20-12-8-5-9-13-20/h4,6-7,10-11,14-15,20H,5,8-9,12-13,16H2,1-3H3/b15-14+. The van der Waals surface area contributed by atoms with Gasteiger partial charge in [-0.3, -0.25) is 9.48 Å². The van der Waals surface area contributed by atoms with Crippen LogP contribution in [0, 0.1) is 13.8 Å². The second-order valence-electron chi connectivity index (χ2n) is 7.54. The molecule has 1 aliphatic rings. The lowest BCUT2D eigenvalue weighted by atomic mass is 9.93. The van der Waals surface area contributed by atoms with Gasteiger partial charge in [-0.05, 0) is 44.9 Å². The van der Waals surface area contributed by atoms with Crippen LogP contribution in [0.5, 0.6) is 0 Å². The minimum Gasteiger partial charge on any atom is -0.452 e. The highest BCUT2D eigenvalue weighted by molar-refractivity contribution is 5.97. The number of aromatic nitrogens is 2. The first-order valence-corrected chi connectivity index (χ1v) is 10.2. The van der Waals surface area contributed by atoms with Crippen LogP contribution in [0.2, 0.25) is 0 Å². The summed E-state index contributed by atoms with van der Waals surface area (Å²) >= 11 is 0. The molecule has 6 heteroatoms. The Morgan fingerprint density at radius 1 is 1.17 bits per heavy atom. The molecule has 0 unspecified atom stereocenters. The second kappa shape index (κ2) is 9.54. The number of carbonyl (C=O) groups is 2. The second-order valence-corrected chi connectivity index (χ2v) is 7.54. The lowest BCUT2D eigenvalue weighted by Gasteiger charge is -2.34. The maximum absolute atomic E-state index is 12.9. The lowest BCUT2D eigenvalue weighted by molar-refractivity contribution is -0.143. The quantitative estimate of drug-likeness (QED) is 0.549. The van der Waals surface area contributed by atoms with E-state index in [4.69, 9.17) is 4.74 Å². The predicted molar refractivity (Wildman–Crippen MR) is 113 cm³/mol. The summed E-state index contributed by atoms with van der Waals surface area (Å²) in [5.41, 5.74) is 3.56. The fourth-order valence-electron chi connectivity index (χ4n) is 3.92. The molecule has 1 aromatic carbocycles. The average molecular weight is 396 g/mol. The van der Waals surface area contributed by atoms with Crippen LogP contribution in [-0.4, -0.2) is 34.3 Å². The third-order valence-electron chi connectivity index (χ3n) is 5.53. The van der Waals surface area contributed by atoms with Gasteiger partial charge < -0.3 is 9.64 Å². The molecule has 1 aromatic heterocycles. The average Bonchev–Trinajstić information content (AvgIpc) is 2.98. The third-order valence-corrected chi connectivity index (χ3v) is 5.53. The number of para-hydroxylation sites is 1. The molecule has 3 rings (SSSR count). The van der Waals surface area contributed by atoms with E-state index in [2.05, 4.69) is 5.10 Å². The molecule has 154 valence electrons. The van der Waals surface area contributed by atoms with Crippen molar-refractivity contribution in [3.63, 3.8) is 0 Å². The first kappa shape index (κ1) is 20.8. The van der Waals surface area contributed by atoms with Crippen molar-refractivity contribution in [2.75, 3.05) is 11.5 Å². The van der Waals surface area contributed by atoms with E-state index in [1.54, 1.807) is 10.8 Å². The summed E-state index contributed by atoms with van der Waals surface area (Å²) in [4.78, 5) is 26.9. The van der Waals surface area contributed by atoms with E-state index in [-0.39, 0.29) is 18.6 Å². The van der Waals surface area contributed by atoms with E-state index in [0.717, 1.165) is 48.3 Å². The number of nitrogens with zero attached hydrogens (tertiary/aromatic N) is 3. The van der Waals surface area contributed by atoms with Gasteiger partial charge in [-0.1, -0.05) is 37.5 Å². The SMILES string of the molecule is Cc1nn(C)c(C)c1/C=C/C(=O)OCC(=O)N(c1ccccc1)C1CCCCC1. The van der Waals surface area contributed by atoms with Gasteiger partial charge in [0.1, 0.15) is 0 Å².